The van der Waals surface area contributed by atoms with Gasteiger partial charge in [-0.05, 0) is 31.6 Å². The maximum absolute atomic E-state index is 11.0. The average Bonchev–Trinajstić information content (AvgIpc) is 3.04. The molecule has 2 rings (SSSR count). The normalized spacial score (nSPS) is 20.3. The first kappa shape index (κ1) is 10.2. The first-order chi connectivity index (χ1) is 7.25. The fraction of sp³-hybridized carbons (Fsp3) is 0.636. The number of hydrogen-bond donors (Lipinski definition) is 0. The molecule has 0 heterocycles. The quantitative estimate of drug-likeness (QED) is 0.391. The summed E-state index contributed by atoms with van der Waals surface area (Å²) in [6, 6.07) is 0. The summed E-state index contributed by atoms with van der Waals surface area (Å²) in [7, 11) is 0. The van der Waals surface area contributed by atoms with Crippen LogP contribution in [0.4, 0.5) is 0 Å². The van der Waals surface area contributed by atoms with Crippen molar-refractivity contribution in [1.82, 2.24) is 0 Å². The van der Waals surface area contributed by atoms with Crippen LogP contribution in [-0.4, -0.2) is 18.5 Å². The highest BCUT2D eigenvalue weighted by atomic mass is 16.5. The molecule has 0 atom stereocenters. The Morgan fingerprint density at radius 3 is 2.53 bits per heavy atom. The van der Waals surface area contributed by atoms with Crippen LogP contribution in [0.2, 0.25) is 0 Å². The van der Waals surface area contributed by atoms with Gasteiger partial charge in [0.25, 0.3) is 0 Å². The number of rotatable bonds is 5. The average molecular weight is 210 g/mol. The summed E-state index contributed by atoms with van der Waals surface area (Å²) in [5.74, 6) is -0.0831. The van der Waals surface area contributed by atoms with Gasteiger partial charge in [-0.1, -0.05) is 0 Å². The van der Waals surface area contributed by atoms with Crippen molar-refractivity contribution in [2.75, 3.05) is 6.61 Å². The first-order valence-corrected chi connectivity index (χ1v) is 5.29. The molecule has 0 unspecified atom stereocenters. The lowest BCUT2D eigenvalue weighted by molar-refractivity contribution is -0.140. The van der Waals surface area contributed by atoms with E-state index in [1.165, 1.54) is 0 Å². The Labute approximate surface area is 88.2 Å². The molecule has 0 aromatic rings. The molecule has 4 heteroatoms. The molecule has 2 saturated carbocycles. The van der Waals surface area contributed by atoms with Gasteiger partial charge >= 0.3 is 11.9 Å². The van der Waals surface area contributed by atoms with Gasteiger partial charge in [0, 0.05) is 0 Å². The van der Waals surface area contributed by atoms with Crippen LogP contribution in [0, 0.1) is 11.8 Å². The van der Waals surface area contributed by atoms with Crippen molar-refractivity contribution in [3.8, 4) is 0 Å². The predicted molar refractivity (Wildman–Crippen MR) is 51.6 cm³/mol. The van der Waals surface area contributed by atoms with E-state index in [1.54, 1.807) is 0 Å². The zero-order valence-electron chi connectivity index (χ0n) is 8.48. The van der Waals surface area contributed by atoms with Crippen LogP contribution in [0.1, 0.15) is 25.7 Å². The van der Waals surface area contributed by atoms with E-state index >= 15 is 0 Å². The van der Waals surface area contributed by atoms with E-state index in [4.69, 9.17) is 9.47 Å². The lowest BCUT2D eigenvalue weighted by atomic mass is 10.4. The van der Waals surface area contributed by atoms with Gasteiger partial charge in [-0.15, -0.1) is 0 Å². The molecular formula is C11H14O4. The van der Waals surface area contributed by atoms with E-state index in [9.17, 15) is 9.59 Å². The summed E-state index contributed by atoms with van der Waals surface area (Å²) in [6.07, 6.45) is 6.37. The molecule has 2 fully saturated rings. The molecule has 0 aliphatic heterocycles. The summed E-state index contributed by atoms with van der Waals surface area (Å²) in [5, 5.41) is 0. The Morgan fingerprint density at radius 1 is 1.20 bits per heavy atom. The maximum Gasteiger partial charge on any atom is 0.333 e. The molecule has 0 radical (unpaired) electrons. The minimum atomic E-state index is -0.439. The van der Waals surface area contributed by atoms with Crippen molar-refractivity contribution in [2.45, 2.75) is 25.7 Å². The smallest absolute Gasteiger partial charge is 0.333 e. The Balaban J connectivity index is 1.58. The van der Waals surface area contributed by atoms with Crippen molar-refractivity contribution < 1.29 is 19.1 Å². The van der Waals surface area contributed by atoms with Crippen LogP contribution >= 0.6 is 0 Å². The van der Waals surface area contributed by atoms with Crippen molar-refractivity contribution in [3.05, 3.63) is 12.3 Å². The van der Waals surface area contributed by atoms with Crippen LogP contribution in [0.15, 0.2) is 12.3 Å². The van der Waals surface area contributed by atoms with E-state index in [0.29, 0.717) is 12.5 Å². The zero-order valence-corrected chi connectivity index (χ0v) is 8.48. The minimum absolute atomic E-state index is 0.0529. The molecule has 0 aromatic heterocycles. The fourth-order valence-electron chi connectivity index (χ4n) is 1.10. The van der Waals surface area contributed by atoms with Crippen LogP contribution in [0.5, 0.6) is 0 Å². The summed E-state index contributed by atoms with van der Waals surface area (Å²) < 4.78 is 9.65. The standard InChI is InChI=1S/C11H14O4/c12-10(15-7-8-1-2-8)5-6-14-11(13)9-3-4-9/h5-6,8-9H,1-4,7H2/b6-5+. The second kappa shape index (κ2) is 4.47. The topological polar surface area (TPSA) is 52.6 Å². The highest BCUT2D eigenvalue weighted by Crippen LogP contribution is 2.30. The summed E-state index contributed by atoms with van der Waals surface area (Å²) in [6.45, 7) is 0.486. The summed E-state index contributed by atoms with van der Waals surface area (Å²) in [5.41, 5.74) is 0. The van der Waals surface area contributed by atoms with E-state index in [-0.39, 0.29) is 11.9 Å². The van der Waals surface area contributed by atoms with Gasteiger partial charge in [-0.2, -0.15) is 0 Å². The number of hydrogen-bond acceptors (Lipinski definition) is 4. The van der Waals surface area contributed by atoms with Gasteiger partial charge in [0.15, 0.2) is 0 Å². The van der Waals surface area contributed by atoms with Gasteiger partial charge in [0.1, 0.15) is 6.26 Å². The highest BCUT2D eigenvalue weighted by molar-refractivity contribution is 5.82. The lowest BCUT2D eigenvalue weighted by Gasteiger charge is -1.98. The van der Waals surface area contributed by atoms with Crippen molar-refractivity contribution in [1.29, 1.82) is 0 Å². The minimum Gasteiger partial charge on any atom is -0.462 e. The van der Waals surface area contributed by atoms with Crippen LogP contribution < -0.4 is 0 Å². The van der Waals surface area contributed by atoms with Gasteiger partial charge in [0.05, 0.1) is 18.6 Å². The molecule has 0 N–H and O–H groups in total. The SMILES string of the molecule is O=C(/C=C/OC(=O)C1CC1)OCC1CC1. The van der Waals surface area contributed by atoms with Crippen LogP contribution in [-0.2, 0) is 19.1 Å². The monoisotopic (exact) mass is 210 g/mol. The first-order valence-electron chi connectivity index (χ1n) is 5.29. The Bertz CT molecular complexity index is 287. The van der Waals surface area contributed by atoms with Crippen LogP contribution in [0.25, 0.3) is 0 Å². The molecule has 4 nitrogen and oxygen atoms in total. The van der Waals surface area contributed by atoms with Crippen LogP contribution in [0.3, 0.4) is 0 Å². The third kappa shape index (κ3) is 3.73. The molecule has 0 spiro atoms. The summed E-state index contributed by atoms with van der Waals surface area (Å²) >= 11 is 0. The maximum atomic E-state index is 11.0. The predicted octanol–water partition coefficient (Wildman–Crippen LogP) is 1.41. The molecular weight excluding hydrogens is 196 g/mol. The van der Waals surface area contributed by atoms with Gasteiger partial charge in [0.2, 0.25) is 0 Å². The van der Waals surface area contributed by atoms with Gasteiger partial charge in [-0.3, -0.25) is 4.79 Å². The number of esters is 2. The second-order valence-electron chi connectivity index (χ2n) is 4.09. The molecule has 82 valence electrons. The molecule has 2 aliphatic rings. The number of carbonyl (C=O) groups excluding carboxylic acids is 2. The zero-order chi connectivity index (χ0) is 10.7. The van der Waals surface area contributed by atoms with Gasteiger partial charge in [-0.25, -0.2) is 4.79 Å². The Morgan fingerprint density at radius 2 is 1.93 bits per heavy atom. The van der Waals surface area contributed by atoms with E-state index < -0.39 is 5.97 Å². The molecule has 0 amide bonds. The third-order valence-electron chi connectivity index (χ3n) is 2.46. The van der Waals surface area contributed by atoms with Crippen molar-refractivity contribution in [3.63, 3.8) is 0 Å². The number of carbonyl (C=O) groups is 2. The second-order valence-corrected chi connectivity index (χ2v) is 4.09. The van der Waals surface area contributed by atoms with Crippen molar-refractivity contribution >= 4 is 11.9 Å². The fourth-order valence-corrected chi connectivity index (χ4v) is 1.10. The third-order valence-corrected chi connectivity index (χ3v) is 2.46. The highest BCUT2D eigenvalue weighted by Gasteiger charge is 2.30. The van der Waals surface area contributed by atoms with E-state index in [2.05, 4.69) is 0 Å². The number of ether oxygens (including phenoxy) is 2. The summed E-state index contributed by atoms with van der Waals surface area (Å²) in [4.78, 5) is 22.1. The molecule has 15 heavy (non-hydrogen) atoms. The Kier molecular flexibility index (Phi) is 3.04. The van der Waals surface area contributed by atoms with Crippen molar-refractivity contribution in [2.24, 2.45) is 11.8 Å². The lowest BCUT2D eigenvalue weighted by Crippen LogP contribution is -2.05. The largest absolute Gasteiger partial charge is 0.462 e. The van der Waals surface area contributed by atoms with E-state index in [1.807, 2.05) is 0 Å². The molecule has 0 aromatic carbocycles. The molecule has 0 bridgehead atoms. The van der Waals surface area contributed by atoms with Gasteiger partial charge < -0.3 is 9.47 Å². The Hall–Kier alpha value is -1.32. The molecule has 2 aliphatic carbocycles. The van der Waals surface area contributed by atoms with E-state index in [0.717, 1.165) is 38.0 Å². The molecule has 0 saturated heterocycles.